The predicted octanol–water partition coefficient (Wildman–Crippen LogP) is 2.00. The average Bonchev–Trinajstić information content (AvgIpc) is 3.31. The molecule has 0 radical (unpaired) electrons. The molecule has 0 aliphatic carbocycles. The van der Waals surface area contributed by atoms with E-state index in [1.54, 1.807) is 36.6 Å². The average molecular weight is 567 g/mol. The number of hydrogen-bond acceptors (Lipinski definition) is 9. The summed E-state index contributed by atoms with van der Waals surface area (Å²) >= 11 is 0. The van der Waals surface area contributed by atoms with Crippen molar-refractivity contribution < 1.29 is 19.1 Å². The van der Waals surface area contributed by atoms with E-state index < -0.39 is 29.5 Å². The second-order valence-electron chi connectivity index (χ2n) is 10.8. The van der Waals surface area contributed by atoms with E-state index in [1.807, 2.05) is 24.8 Å². The Hall–Kier alpha value is -4.19. The second-order valence-corrected chi connectivity index (χ2v) is 10.8. The van der Waals surface area contributed by atoms with Gasteiger partial charge in [0.2, 0.25) is 5.95 Å². The van der Waals surface area contributed by atoms with Crippen LogP contribution in [0.15, 0.2) is 45.5 Å². The summed E-state index contributed by atoms with van der Waals surface area (Å²) in [5.74, 6) is -0.376. The number of anilines is 1. The third-order valence-electron chi connectivity index (χ3n) is 6.84. The first kappa shape index (κ1) is 29.8. The largest absolute Gasteiger partial charge is 0.481 e. The Kier molecular flexibility index (Phi) is 9.11. The third-order valence-corrected chi connectivity index (χ3v) is 6.84. The quantitative estimate of drug-likeness (QED) is 0.221. The summed E-state index contributed by atoms with van der Waals surface area (Å²) in [5.41, 5.74) is 6.63. The van der Waals surface area contributed by atoms with Gasteiger partial charge in [0.15, 0.2) is 23.6 Å². The van der Waals surface area contributed by atoms with Gasteiger partial charge in [-0.2, -0.15) is 4.98 Å². The number of para-hydroxylation sites is 1. The van der Waals surface area contributed by atoms with Gasteiger partial charge < -0.3 is 24.7 Å². The van der Waals surface area contributed by atoms with Crippen molar-refractivity contribution in [3.05, 3.63) is 62.3 Å². The number of imidazole rings is 1. The van der Waals surface area contributed by atoms with E-state index in [2.05, 4.69) is 0 Å². The molecule has 1 fully saturated rings. The van der Waals surface area contributed by atoms with Gasteiger partial charge >= 0.3 is 11.7 Å². The first-order valence-electron chi connectivity index (χ1n) is 13.8. The number of aryl methyl sites for hydroxylation is 1. The minimum Gasteiger partial charge on any atom is -0.481 e. The fourth-order valence-electron chi connectivity index (χ4n) is 4.86. The Morgan fingerprint density at radius 2 is 1.90 bits per heavy atom. The Labute approximate surface area is 238 Å². The number of ether oxygens (including phenoxy) is 2. The molecule has 12 nitrogen and oxygen atoms in total. The molecule has 1 unspecified atom stereocenters. The Morgan fingerprint density at radius 3 is 2.59 bits per heavy atom. The van der Waals surface area contributed by atoms with Crippen molar-refractivity contribution in [2.75, 3.05) is 24.6 Å². The van der Waals surface area contributed by atoms with Gasteiger partial charge in [0, 0.05) is 32.7 Å². The topological polar surface area (TPSA) is 144 Å². The molecule has 0 bridgehead atoms. The van der Waals surface area contributed by atoms with E-state index >= 15 is 0 Å². The number of piperidine rings is 1. The minimum atomic E-state index is -0.663. The van der Waals surface area contributed by atoms with Crippen LogP contribution in [0.2, 0.25) is 0 Å². The highest BCUT2D eigenvalue weighted by atomic mass is 16.6. The molecule has 1 atom stereocenters. The Balaban J connectivity index is 1.75. The molecule has 3 heterocycles. The van der Waals surface area contributed by atoms with Crippen LogP contribution in [0.4, 0.5) is 5.95 Å². The summed E-state index contributed by atoms with van der Waals surface area (Å²) in [6.07, 6.45) is 3.47. The molecule has 1 aliphatic heterocycles. The monoisotopic (exact) mass is 566 g/mol. The Morgan fingerprint density at radius 1 is 1.17 bits per heavy atom. The summed E-state index contributed by atoms with van der Waals surface area (Å²) in [5, 5.41) is 0. The van der Waals surface area contributed by atoms with Crippen LogP contribution in [-0.2, 0) is 29.7 Å². The fourth-order valence-corrected chi connectivity index (χ4v) is 4.86. The maximum atomic E-state index is 13.9. The second kappa shape index (κ2) is 12.5. The highest BCUT2D eigenvalue weighted by Crippen LogP contribution is 2.24. The number of rotatable bonds is 10. The van der Waals surface area contributed by atoms with Crippen molar-refractivity contribution in [1.82, 2.24) is 18.7 Å². The number of aromatic nitrogens is 4. The number of carbonyl (C=O) groups is 2. The fraction of sp³-hybridized carbons (Fsp3) is 0.483. The lowest BCUT2D eigenvalue weighted by Crippen LogP contribution is -2.44. The maximum Gasteiger partial charge on any atom is 0.344 e. The smallest absolute Gasteiger partial charge is 0.344 e. The summed E-state index contributed by atoms with van der Waals surface area (Å²) < 4.78 is 14.7. The van der Waals surface area contributed by atoms with Gasteiger partial charge in [-0.05, 0) is 52.7 Å². The molecule has 2 N–H and O–H groups in total. The van der Waals surface area contributed by atoms with Crippen LogP contribution in [0, 0.1) is 0 Å². The van der Waals surface area contributed by atoms with Crippen molar-refractivity contribution in [3.8, 4) is 5.75 Å². The number of hydrogen-bond donors (Lipinski definition) is 1. The molecule has 4 rings (SSSR count). The van der Waals surface area contributed by atoms with Gasteiger partial charge in [0.25, 0.3) is 5.56 Å². The van der Waals surface area contributed by atoms with Crippen molar-refractivity contribution >= 4 is 28.9 Å². The molecule has 41 heavy (non-hydrogen) atoms. The molecule has 0 spiro atoms. The summed E-state index contributed by atoms with van der Waals surface area (Å²) in [6.45, 7) is 8.15. The normalized spacial score (nSPS) is 15.3. The zero-order chi connectivity index (χ0) is 29.8. The van der Waals surface area contributed by atoms with Crippen molar-refractivity contribution in [2.24, 2.45) is 12.8 Å². The van der Waals surface area contributed by atoms with E-state index in [-0.39, 0.29) is 41.2 Å². The van der Waals surface area contributed by atoms with Gasteiger partial charge in [-0.1, -0.05) is 23.8 Å². The molecule has 1 aromatic carbocycles. The highest BCUT2D eigenvalue weighted by Gasteiger charge is 2.27. The van der Waals surface area contributed by atoms with E-state index in [4.69, 9.17) is 20.2 Å². The molecule has 12 heteroatoms. The van der Waals surface area contributed by atoms with Gasteiger partial charge in [-0.25, -0.2) is 9.59 Å². The summed E-state index contributed by atoms with van der Waals surface area (Å²) in [4.78, 5) is 59.4. The zero-order valence-corrected chi connectivity index (χ0v) is 24.3. The van der Waals surface area contributed by atoms with Crippen LogP contribution in [0.25, 0.3) is 11.2 Å². The minimum absolute atomic E-state index is 0.0203. The van der Waals surface area contributed by atoms with Crippen molar-refractivity contribution in [1.29, 1.82) is 0 Å². The van der Waals surface area contributed by atoms with Crippen LogP contribution in [0.3, 0.4) is 0 Å². The lowest BCUT2D eigenvalue weighted by molar-refractivity contribution is -0.149. The molecule has 2 aromatic heterocycles. The highest BCUT2D eigenvalue weighted by molar-refractivity contribution is 5.98. The first-order valence-corrected chi connectivity index (χ1v) is 13.8. The molecule has 0 saturated carbocycles. The lowest BCUT2D eigenvalue weighted by Gasteiger charge is -2.31. The number of carbonyl (C=O) groups excluding carboxylic acids is 2. The molecule has 1 saturated heterocycles. The SMILES string of the molecule is CC(C)=CCn1c(N2CCCC(N)C2)nc2c1c(=O)n(CC(=O)c1ccccc1OCC(=O)OC(C)C)c(=O)n2C. The number of esters is 1. The van der Waals surface area contributed by atoms with Crippen LogP contribution >= 0.6 is 0 Å². The molecule has 1 aliphatic rings. The molecule has 3 aromatic rings. The number of fused-ring (bicyclic) bond motifs is 1. The van der Waals surface area contributed by atoms with Crippen LogP contribution in [-0.4, -0.2) is 62.3 Å². The summed E-state index contributed by atoms with van der Waals surface area (Å²) in [7, 11) is 1.53. The standard InChI is InChI=1S/C29H38N6O6/c1-18(2)12-14-34-25-26(31-28(34)33-13-8-9-20(30)15-33)32(5)29(39)35(27(25)38)16-22(36)21-10-6-7-11-23(21)40-17-24(37)41-19(3)4/h6-7,10-12,19-20H,8-9,13-17,30H2,1-5H3. The van der Waals surface area contributed by atoms with Crippen LogP contribution in [0.5, 0.6) is 5.75 Å². The van der Waals surface area contributed by atoms with Gasteiger partial charge in [0.1, 0.15) is 5.75 Å². The maximum absolute atomic E-state index is 13.9. The van der Waals surface area contributed by atoms with Gasteiger partial charge in [0.05, 0.1) is 18.2 Å². The van der Waals surface area contributed by atoms with E-state index in [0.29, 0.717) is 19.0 Å². The molecular formula is C29H38N6O6. The molecular weight excluding hydrogens is 528 g/mol. The number of benzene rings is 1. The lowest BCUT2D eigenvalue weighted by atomic mass is 10.1. The van der Waals surface area contributed by atoms with E-state index in [9.17, 15) is 19.2 Å². The third kappa shape index (κ3) is 6.59. The predicted molar refractivity (Wildman–Crippen MR) is 156 cm³/mol. The number of Topliss-reactive ketones (excluding diaryl/α,β-unsaturated/α-hetero) is 1. The van der Waals surface area contributed by atoms with E-state index in [1.165, 1.54) is 17.7 Å². The number of nitrogens with zero attached hydrogens (tertiary/aromatic N) is 5. The van der Waals surface area contributed by atoms with Crippen molar-refractivity contribution in [2.45, 2.75) is 65.8 Å². The Bertz CT molecular complexity index is 1590. The molecule has 220 valence electrons. The van der Waals surface area contributed by atoms with E-state index in [0.717, 1.165) is 29.5 Å². The zero-order valence-electron chi connectivity index (χ0n) is 24.3. The number of allylic oxidation sites excluding steroid dienone is 2. The summed E-state index contributed by atoms with van der Waals surface area (Å²) in [6, 6.07) is 6.35. The van der Waals surface area contributed by atoms with Crippen LogP contribution < -0.4 is 26.6 Å². The van der Waals surface area contributed by atoms with Gasteiger partial charge in [-0.15, -0.1) is 0 Å². The van der Waals surface area contributed by atoms with Gasteiger partial charge in [-0.3, -0.25) is 18.7 Å². The number of ketones is 1. The van der Waals surface area contributed by atoms with Crippen LogP contribution in [0.1, 0.15) is 50.9 Å². The van der Waals surface area contributed by atoms with Crippen molar-refractivity contribution in [3.63, 3.8) is 0 Å². The first-order chi connectivity index (χ1) is 19.5. The number of nitrogens with two attached hydrogens (primary N) is 1. The molecule has 0 amide bonds.